The number of carbonyl (C=O) groups is 2. The van der Waals surface area contributed by atoms with Gasteiger partial charge >= 0.3 is 5.97 Å². The summed E-state index contributed by atoms with van der Waals surface area (Å²) in [6, 6.07) is 5.60. The van der Waals surface area contributed by atoms with E-state index in [2.05, 4.69) is 5.32 Å². The molecule has 1 heterocycles. The van der Waals surface area contributed by atoms with Crippen molar-refractivity contribution in [2.24, 2.45) is 5.92 Å². The van der Waals surface area contributed by atoms with Gasteiger partial charge in [0.05, 0.1) is 19.1 Å². The zero-order valence-corrected chi connectivity index (χ0v) is 14.7. The van der Waals surface area contributed by atoms with Gasteiger partial charge in [0.25, 0.3) is 0 Å². The molecule has 2 aliphatic rings. The zero-order chi connectivity index (χ0) is 18.5. The summed E-state index contributed by atoms with van der Waals surface area (Å²) >= 11 is 0. The van der Waals surface area contributed by atoms with E-state index in [1.54, 1.807) is 18.2 Å². The van der Waals surface area contributed by atoms with Gasteiger partial charge in [-0.3, -0.25) is 14.5 Å². The largest absolute Gasteiger partial charge is 0.481 e. The van der Waals surface area contributed by atoms with Crippen LogP contribution in [0.4, 0.5) is 4.39 Å². The number of benzene rings is 1. The molecule has 1 saturated heterocycles. The Morgan fingerprint density at radius 2 is 1.81 bits per heavy atom. The molecule has 1 atom stereocenters. The highest BCUT2D eigenvalue weighted by molar-refractivity contribution is 5.83. The number of amides is 1. The summed E-state index contributed by atoms with van der Waals surface area (Å²) in [5.41, 5.74) is 0.367. The molecule has 1 saturated carbocycles. The lowest BCUT2D eigenvalue weighted by Crippen LogP contribution is -2.49. The molecule has 0 spiro atoms. The molecule has 1 aromatic carbocycles. The fraction of sp³-hybridized carbons (Fsp3) is 0.579. The third-order valence-corrected chi connectivity index (χ3v) is 5.28. The van der Waals surface area contributed by atoms with Gasteiger partial charge < -0.3 is 15.2 Å². The molecule has 0 bridgehead atoms. The maximum Gasteiger partial charge on any atom is 0.306 e. The van der Waals surface area contributed by atoms with Crippen molar-refractivity contribution in [2.45, 2.75) is 37.8 Å². The molecule has 1 amide bonds. The van der Waals surface area contributed by atoms with Gasteiger partial charge in [-0.05, 0) is 31.7 Å². The number of carboxylic acid groups (broad SMARTS) is 1. The zero-order valence-electron chi connectivity index (χ0n) is 14.7. The Hall–Kier alpha value is -1.99. The molecule has 3 rings (SSSR count). The van der Waals surface area contributed by atoms with E-state index in [-0.39, 0.29) is 17.9 Å². The van der Waals surface area contributed by atoms with E-state index in [9.17, 15) is 14.0 Å². The fourth-order valence-corrected chi connectivity index (χ4v) is 3.80. The number of nitrogens with one attached hydrogen (secondary N) is 1. The Morgan fingerprint density at radius 1 is 1.15 bits per heavy atom. The summed E-state index contributed by atoms with van der Waals surface area (Å²) in [7, 11) is 0. The van der Waals surface area contributed by atoms with E-state index in [1.165, 1.54) is 6.07 Å². The first-order valence-electron chi connectivity index (χ1n) is 9.15. The van der Waals surface area contributed by atoms with Crippen molar-refractivity contribution in [3.05, 3.63) is 35.6 Å². The summed E-state index contributed by atoms with van der Waals surface area (Å²) in [5, 5.41) is 12.1. The van der Waals surface area contributed by atoms with E-state index in [4.69, 9.17) is 9.84 Å². The van der Waals surface area contributed by atoms with Gasteiger partial charge in [-0.1, -0.05) is 18.2 Å². The van der Waals surface area contributed by atoms with Crippen LogP contribution in [0.1, 0.15) is 37.3 Å². The number of nitrogens with zero attached hydrogens (tertiary/aromatic N) is 1. The molecule has 0 radical (unpaired) electrons. The highest BCUT2D eigenvalue weighted by Gasteiger charge is 2.33. The molecule has 2 fully saturated rings. The Balaban J connectivity index is 1.71. The number of carbonyl (C=O) groups excluding carboxylic acids is 1. The lowest BCUT2D eigenvalue weighted by molar-refractivity contribution is -0.142. The standard InChI is InChI=1S/C19H25FN2O4/c20-16-4-2-1-3-15(16)17(22-9-11-26-12-10-22)18(23)21-14-7-5-13(6-8-14)19(24)25/h1-4,13-14,17H,5-12H2,(H,21,23)(H,24,25). The molecule has 7 heteroatoms. The molecular formula is C19H25FN2O4. The summed E-state index contributed by atoms with van der Waals surface area (Å²) < 4.78 is 19.7. The van der Waals surface area contributed by atoms with Crippen LogP contribution in [0, 0.1) is 11.7 Å². The van der Waals surface area contributed by atoms with Crippen LogP contribution in [0.2, 0.25) is 0 Å². The van der Waals surface area contributed by atoms with Gasteiger partial charge in [0.15, 0.2) is 0 Å². The van der Waals surface area contributed by atoms with Crippen LogP contribution in [0.25, 0.3) is 0 Å². The summed E-state index contributed by atoms with van der Waals surface area (Å²) in [5.74, 6) is -1.72. The van der Waals surface area contributed by atoms with E-state index in [0.29, 0.717) is 57.6 Å². The number of morpholine rings is 1. The second-order valence-corrected chi connectivity index (χ2v) is 6.97. The van der Waals surface area contributed by atoms with Crippen LogP contribution < -0.4 is 5.32 Å². The molecule has 0 aromatic heterocycles. The van der Waals surface area contributed by atoms with Crippen LogP contribution in [-0.2, 0) is 14.3 Å². The smallest absolute Gasteiger partial charge is 0.306 e. The van der Waals surface area contributed by atoms with Crippen LogP contribution in [-0.4, -0.2) is 54.2 Å². The lowest BCUT2D eigenvalue weighted by Gasteiger charge is -2.35. The summed E-state index contributed by atoms with van der Waals surface area (Å²) in [6.45, 7) is 2.17. The summed E-state index contributed by atoms with van der Waals surface area (Å²) in [6.07, 6.45) is 2.38. The molecular weight excluding hydrogens is 339 g/mol. The maximum absolute atomic E-state index is 14.4. The average Bonchev–Trinajstić information content (AvgIpc) is 2.65. The van der Waals surface area contributed by atoms with Crippen molar-refractivity contribution in [1.29, 1.82) is 0 Å². The Morgan fingerprint density at radius 3 is 2.42 bits per heavy atom. The molecule has 1 aliphatic carbocycles. The van der Waals surface area contributed by atoms with Gasteiger partial charge in [0.1, 0.15) is 11.9 Å². The predicted molar refractivity (Wildman–Crippen MR) is 93.1 cm³/mol. The Labute approximate surface area is 152 Å². The van der Waals surface area contributed by atoms with E-state index in [0.717, 1.165) is 0 Å². The second-order valence-electron chi connectivity index (χ2n) is 6.97. The highest BCUT2D eigenvalue weighted by Crippen LogP contribution is 2.28. The molecule has 26 heavy (non-hydrogen) atoms. The van der Waals surface area contributed by atoms with E-state index < -0.39 is 17.8 Å². The third-order valence-electron chi connectivity index (χ3n) is 5.28. The first kappa shape index (κ1) is 18.8. The molecule has 1 aliphatic heterocycles. The topological polar surface area (TPSA) is 78.9 Å². The highest BCUT2D eigenvalue weighted by atomic mass is 19.1. The fourth-order valence-electron chi connectivity index (χ4n) is 3.80. The normalized spacial score (nSPS) is 25.4. The molecule has 1 aromatic rings. The average molecular weight is 364 g/mol. The number of carboxylic acids is 1. The minimum absolute atomic E-state index is 0.0617. The monoisotopic (exact) mass is 364 g/mol. The number of hydrogen-bond acceptors (Lipinski definition) is 4. The quantitative estimate of drug-likeness (QED) is 0.835. The van der Waals surface area contributed by atoms with Crippen LogP contribution in [0.5, 0.6) is 0 Å². The summed E-state index contributed by atoms with van der Waals surface area (Å²) in [4.78, 5) is 26.0. The van der Waals surface area contributed by atoms with Crippen LogP contribution in [0.3, 0.4) is 0 Å². The van der Waals surface area contributed by atoms with Gasteiger partial charge in [0, 0.05) is 24.7 Å². The maximum atomic E-state index is 14.4. The number of ether oxygens (including phenoxy) is 1. The second kappa shape index (κ2) is 8.60. The van der Waals surface area contributed by atoms with Crippen molar-refractivity contribution in [2.75, 3.05) is 26.3 Å². The molecule has 142 valence electrons. The van der Waals surface area contributed by atoms with Gasteiger partial charge in [0.2, 0.25) is 5.91 Å². The number of rotatable bonds is 5. The van der Waals surface area contributed by atoms with Gasteiger partial charge in [-0.2, -0.15) is 0 Å². The first-order valence-corrected chi connectivity index (χ1v) is 9.15. The van der Waals surface area contributed by atoms with Gasteiger partial charge in [-0.25, -0.2) is 4.39 Å². The van der Waals surface area contributed by atoms with E-state index >= 15 is 0 Å². The number of halogens is 1. The number of hydrogen-bond donors (Lipinski definition) is 2. The minimum Gasteiger partial charge on any atom is -0.481 e. The van der Waals surface area contributed by atoms with E-state index in [1.807, 2.05) is 4.90 Å². The van der Waals surface area contributed by atoms with Crippen LogP contribution in [0.15, 0.2) is 24.3 Å². The SMILES string of the molecule is O=C(O)C1CCC(NC(=O)C(c2ccccc2F)N2CCOCC2)CC1. The molecule has 6 nitrogen and oxygen atoms in total. The molecule has 2 N–H and O–H groups in total. The van der Waals surface area contributed by atoms with Crippen molar-refractivity contribution in [3.63, 3.8) is 0 Å². The van der Waals surface area contributed by atoms with Gasteiger partial charge in [-0.15, -0.1) is 0 Å². The Kier molecular flexibility index (Phi) is 6.21. The first-order chi connectivity index (χ1) is 12.6. The van der Waals surface area contributed by atoms with Crippen molar-refractivity contribution >= 4 is 11.9 Å². The van der Waals surface area contributed by atoms with Crippen molar-refractivity contribution < 1.29 is 23.8 Å². The van der Waals surface area contributed by atoms with Crippen molar-refractivity contribution in [3.8, 4) is 0 Å². The predicted octanol–water partition coefficient (Wildman–Crippen LogP) is 1.96. The Bertz CT molecular complexity index is 640. The lowest BCUT2D eigenvalue weighted by atomic mass is 9.86. The van der Waals surface area contributed by atoms with Crippen molar-refractivity contribution in [1.82, 2.24) is 10.2 Å². The minimum atomic E-state index is -0.771. The number of aliphatic carboxylic acids is 1. The molecule has 1 unspecified atom stereocenters. The third kappa shape index (κ3) is 4.40. The van der Waals surface area contributed by atoms with Crippen LogP contribution >= 0.6 is 0 Å².